The van der Waals surface area contributed by atoms with Gasteiger partial charge in [-0.2, -0.15) is 5.10 Å². The average molecular weight is 316 g/mol. The molecule has 1 saturated carbocycles. The Labute approximate surface area is 130 Å². The van der Waals surface area contributed by atoms with Crippen LogP contribution in [0.1, 0.15) is 30.6 Å². The molecule has 7 nitrogen and oxygen atoms in total. The number of thiophene rings is 1. The molecule has 0 aromatic carbocycles. The van der Waals surface area contributed by atoms with Gasteiger partial charge in [0.15, 0.2) is 16.9 Å². The smallest absolute Gasteiger partial charge is 0.292 e. The van der Waals surface area contributed by atoms with Crippen LogP contribution in [0.15, 0.2) is 22.3 Å². The summed E-state index contributed by atoms with van der Waals surface area (Å²) >= 11 is 1.63. The molecule has 2 N–H and O–H groups in total. The Hall–Kier alpha value is -2.22. The van der Waals surface area contributed by atoms with E-state index in [-0.39, 0.29) is 5.56 Å². The van der Waals surface area contributed by atoms with E-state index in [0.29, 0.717) is 29.4 Å². The van der Waals surface area contributed by atoms with Crippen molar-refractivity contribution in [3.8, 4) is 0 Å². The first-order valence-corrected chi connectivity index (χ1v) is 8.30. The minimum atomic E-state index is -0.256. The zero-order valence-electron chi connectivity index (χ0n) is 12.0. The molecule has 22 heavy (non-hydrogen) atoms. The summed E-state index contributed by atoms with van der Waals surface area (Å²) in [6.45, 7) is 0.546. The van der Waals surface area contributed by atoms with E-state index in [2.05, 4.69) is 25.8 Å². The van der Waals surface area contributed by atoms with Crippen molar-refractivity contribution in [2.24, 2.45) is 0 Å². The van der Waals surface area contributed by atoms with Crippen LogP contribution >= 0.6 is 11.3 Å². The summed E-state index contributed by atoms with van der Waals surface area (Å²) in [6, 6.07) is 4.41. The van der Waals surface area contributed by atoms with Crippen LogP contribution in [0.5, 0.6) is 0 Å². The Morgan fingerprint density at radius 2 is 2.27 bits per heavy atom. The monoisotopic (exact) mass is 316 g/mol. The summed E-state index contributed by atoms with van der Waals surface area (Å²) < 4.78 is 1.64. The lowest BCUT2D eigenvalue weighted by molar-refractivity contribution is 0.674. The average Bonchev–Trinajstić information content (AvgIpc) is 3.25. The van der Waals surface area contributed by atoms with Crippen LogP contribution in [0.3, 0.4) is 0 Å². The molecule has 0 unspecified atom stereocenters. The van der Waals surface area contributed by atoms with E-state index in [4.69, 9.17) is 0 Å². The highest BCUT2D eigenvalue weighted by Gasteiger charge is 2.20. The second-order valence-corrected chi connectivity index (χ2v) is 6.58. The summed E-state index contributed by atoms with van der Waals surface area (Å²) in [5.41, 5.74) is 0.768. The summed E-state index contributed by atoms with van der Waals surface area (Å²) in [5.74, 6) is 0.624. The number of H-pyrrole nitrogens is 1. The third-order valence-electron chi connectivity index (χ3n) is 4.03. The van der Waals surface area contributed by atoms with E-state index >= 15 is 0 Å². The Bertz CT molecular complexity index is 831. The van der Waals surface area contributed by atoms with Crippen molar-refractivity contribution in [3.05, 3.63) is 32.7 Å². The zero-order chi connectivity index (χ0) is 14.9. The molecule has 3 heterocycles. The number of anilines is 1. The van der Waals surface area contributed by atoms with E-state index < -0.39 is 0 Å². The van der Waals surface area contributed by atoms with Crippen molar-refractivity contribution in [2.45, 2.75) is 38.3 Å². The second-order valence-electron chi connectivity index (χ2n) is 5.55. The Kier molecular flexibility index (Phi) is 3.38. The number of hydrogen-bond acceptors (Lipinski definition) is 6. The van der Waals surface area contributed by atoms with Crippen LogP contribution in [0.2, 0.25) is 0 Å². The van der Waals surface area contributed by atoms with E-state index in [1.54, 1.807) is 16.0 Å². The topological polar surface area (TPSA) is 88.5 Å². The molecule has 0 radical (unpaired) electrons. The van der Waals surface area contributed by atoms with Gasteiger partial charge in [0.2, 0.25) is 0 Å². The molecule has 0 aliphatic heterocycles. The molecule has 8 heteroatoms. The van der Waals surface area contributed by atoms with Gasteiger partial charge in [-0.25, -0.2) is 9.78 Å². The lowest BCUT2D eigenvalue weighted by Crippen LogP contribution is -2.20. The third-order valence-corrected chi connectivity index (χ3v) is 4.89. The van der Waals surface area contributed by atoms with Crippen LogP contribution in [0.25, 0.3) is 11.0 Å². The molecule has 3 aromatic heterocycles. The van der Waals surface area contributed by atoms with Gasteiger partial charge >= 0.3 is 0 Å². The van der Waals surface area contributed by atoms with Crippen molar-refractivity contribution in [1.29, 1.82) is 0 Å². The second kappa shape index (κ2) is 5.53. The highest BCUT2D eigenvalue weighted by molar-refractivity contribution is 7.09. The predicted molar refractivity (Wildman–Crippen MR) is 85.2 cm³/mol. The van der Waals surface area contributed by atoms with Crippen LogP contribution in [0, 0.1) is 0 Å². The highest BCUT2D eigenvalue weighted by Crippen LogP contribution is 2.24. The van der Waals surface area contributed by atoms with Crippen LogP contribution in [-0.2, 0) is 6.54 Å². The first-order chi connectivity index (χ1) is 10.8. The maximum Gasteiger partial charge on any atom is 0.292 e. The minimum Gasteiger partial charge on any atom is -0.364 e. The lowest BCUT2D eigenvalue weighted by Gasteiger charge is -2.11. The molecule has 0 atom stereocenters. The fourth-order valence-corrected chi connectivity index (χ4v) is 3.62. The van der Waals surface area contributed by atoms with Gasteiger partial charge in [-0.05, 0) is 24.3 Å². The predicted octanol–water partition coefficient (Wildman–Crippen LogP) is 1.98. The fraction of sp³-hybridized carbons (Fsp3) is 0.429. The van der Waals surface area contributed by atoms with Gasteiger partial charge in [-0.1, -0.05) is 24.1 Å². The number of nitrogens with zero attached hydrogens (tertiary/aromatic N) is 4. The van der Waals surface area contributed by atoms with Gasteiger partial charge in [0.25, 0.3) is 5.56 Å². The molecule has 1 aliphatic carbocycles. The van der Waals surface area contributed by atoms with Gasteiger partial charge in [0.05, 0.1) is 6.54 Å². The van der Waals surface area contributed by atoms with Crippen molar-refractivity contribution < 1.29 is 0 Å². The molecule has 114 valence electrons. The van der Waals surface area contributed by atoms with Crippen molar-refractivity contribution in [3.63, 3.8) is 0 Å². The fourth-order valence-electron chi connectivity index (χ4n) is 2.93. The number of aromatic amines is 1. The Morgan fingerprint density at radius 1 is 1.41 bits per heavy atom. The standard InChI is InChI=1S/C14H16N6OS/c21-14-12-11(13(17-18-14)15-9-4-1-2-5-9)16-19-20(12)8-10-6-3-7-22-10/h3,6-7,9H,1-2,4-5,8H2,(H,15,17)(H,18,21). The molecule has 4 rings (SSSR count). The molecule has 0 saturated heterocycles. The molecule has 0 spiro atoms. The van der Waals surface area contributed by atoms with Crippen molar-refractivity contribution in [2.75, 3.05) is 5.32 Å². The molecule has 1 aliphatic rings. The minimum absolute atomic E-state index is 0.256. The first-order valence-electron chi connectivity index (χ1n) is 7.42. The molecular formula is C14H16N6OS. The van der Waals surface area contributed by atoms with Crippen molar-refractivity contribution >= 4 is 28.2 Å². The van der Waals surface area contributed by atoms with E-state index in [0.717, 1.165) is 17.7 Å². The largest absolute Gasteiger partial charge is 0.364 e. The summed E-state index contributed by atoms with van der Waals surface area (Å²) in [6.07, 6.45) is 4.72. The number of rotatable bonds is 4. The maximum absolute atomic E-state index is 12.1. The van der Waals surface area contributed by atoms with Gasteiger partial charge < -0.3 is 5.32 Å². The number of hydrogen-bond donors (Lipinski definition) is 2. The first kappa shape index (κ1) is 13.4. The highest BCUT2D eigenvalue weighted by atomic mass is 32.1. The van der Waals surface area contributed by atoms with E-state index in [1.807, 2.05) is 17.5 Å². The lowest BCUT2D eigenvalue weighted by atomic mass is 10.2. The summed E-state index contributed by atoms with van der Waals surface area (Å²) in [5, 5.41) is 20.4. The number of aromatic nitrogens is 5. The maximum atomic E-state index is 12.1. The van der Waals surface area contributed by atoms with Crippen molar-refractivity contribution in [1.82, 2.24) is 25.2 Å². The molecule has 3 aromatic rings. The molecular weight excluding hydrogens is 300 g/mol. The molecule has 0 amide bonds. The van der Waals surface area contributed by atoms with E-state index in [1.165, 1.54) is 12.8 Å². The third kappa shape index (κ3) is 2.39. The molecule has 1 fully saturated rings. The number of fused-ring (bicyclic) bond motifs is 1. The SMILES string of the molecule is O=c1[nH]nc(NC2CCCC2)c2nnn(Cc3cccs3)c12. The van der Waals surface area contributed by atoms with Crippen LogP contribution in [0.4, 0.5) is 5.82 Å². The van der Waals surface area contributed by atoms with Gasteiger partial charge in [0.1, 0.15) is 0 Å². The Balaban J connectivity index is 1.72. The summed E-state index contributed by atoms with van der Waals surface area (Å²) in [4.78, 5) is 13.3. The Morgan fingerprint density at radius 3 is 3.05 bits per heavy atom. The quantitative estimate of drug-likeness (QED) is 0.768. The number of nitrogens with one attached hydrogen (secondary N) is 2. The zero-order valence-corrected chi connectivity index (χ0v) is 12.8. The van der Waals surface area contributed by atoms with Crippen LogP contribution in [-0.4, -0.2) is 31.2 Å². The van der Waals surface area contributed by atoms with Crippen LogP contribution < -0.4 is 10.9 Å². The summed E-state index contributed by atoms with van der Waals surface area (Å²) in [7, 11) is 0. The van der Waals surface area contributed by atoms with Gasteiger partial charge in [0, 0.05) is 10.9 Å². The normalized spacial score (nSPS) is 15.6. The van der Waals surface area contributed by atoms with Gasteiger partial charge in [-0.15, -0.1) is 16.4 Å². The van der Waals surface area contributed by atoms with Gasteiger partial charge in [-0.3, -0.25) is 4.79 Å². The van der Waals surface area contributed by atoms with E-state index in [9.17, 15) is 4.79 Å². The molecule has 0 bridgehead atoms.